The van der Waals surface area contributed by atoms with E-state index in [1.54, 1.807) is 12.3 Å². The molecule has 1 aromatic heterocycles. The molecule has 0 aliphatic rings. The Morgan fingerprint density at radius 2 is 2.18 bits per heavy atom. The van der Waals surface area contributed by atoms with Crippen molar-refractivity contribution in [2.24, 2.45) is 5.84 Å². The van der Waals surface area contributed by atoms with Crippen molar-refractivity contribution in [2.75, 3.05) is 0 Å². The zero-order chi connectivity index (χ0) is 12.3. The van der Waals surface area contributed by atoms with Crippen LogP contribution >= 0.6 is 0 Å². The molecule has 0 spiro atoms. The Kier molecular flexibility index (Phi) is 3.20. The van der Waals surface area contributed by atoms with Crippen molar-refractivity contribution in [3.05, 3.63) is 53.3 Å². The van der Waals surface area contributed by atoms with E-state index < -0.39 is 0 Å². The van der Waals surface area contributed by atoms with Crippen molar-refractivity contribution >= 4 is 5.91 Å². The van der Waals surface area contributed by atoms with Gasteiger partial charge in [-0.3, -0.25) is 14.9 Å². The fourth-order valence-corrected chi connectivity index (χ4v) is 1.68. The number of benzene rings is 1. The van der Waals surface area contributed by atoms with Crippen molar-refractivity contribution in [2.45, 2.75) is 13.5 Å². The second kappa shape index (κ2) is 4.80. The number of hydrogen-bond donors (Lipinski definition) is 2. The molecule has 2 aromatic rings. The average Bonchev–Trinajstić information content (AvgIpc) is 2.75. The van der Waals surface area contributed by atoms with Gasteiger partial charge in [0.15, 0.2) is 0 Å². The van der Waals surface area contributed by atoms with Crippen LogP contribution in [0.25, 0.3) is 0 Å². The summed E-state index contributed by atoms with van der Waals surface area (Å²) in [5, 5.41) is 4.19. The highest BCUT2D eigenvalue weighted by atomic mass is 16.2. The Bertz CT molecular complexity index is 533. The largest absolute Gasteiger partial charge is 0.290 e. The number of nitrogens with one attached hydrogen (secondary N) is 1. The van der Waals surface area contributed by atoms with E-state index in [1.165, 1.54) is 0 Å². The molecular formula is C12H14N4O. The molecule has 5 heteroatoms. The molecule has 0 fully saturated rings. The number of hydrazine groups is 1. The van der Waals surface area contributed by atoms with Crippen molar-refractivity contribution < 1.29 is 4.79 Å². The van der Waals surface area contributed by atoms with Crippen LogP contribution < -0.4 is 11.3 Å². The van der Waals surface area contributed by atoms with Gasteiger partial charge in [-0.25, -0.2) is 5.84 Å². The van der Waals surface area contributed by atoms with Crippen LogP contribution in [0.1, 0.15) is 21.6 Å². The fraction of sp³-hybridized carbons (Fsp3) is 0.167. The van der Waals surface area contributed by atoms with E-state index in [2.05, 4.69) is 10.5 Å². The van der Waals surface area contributed by atoms with Gasteiger partial charge in [0, 0.05) is 17.5 Å². The molecule has 1 amide bonds. The van der Waals surface area contributed by atoms with Crippen LogP contribution in [-0.4, -0.2) is 15.7 Å². The summed E-state index contributed by atoms with van der Waals surface area (Å²) in [5.41, 5.74) is 4.66. The average molecular weight is 230 g/mol. The maximum Gasteiger partial charge on any atom is 0.265 e. The molecular weight excluding hydrogens is 216 g/mol. The molecule has 0 bridgehead atoms. The number of rotatable bonds is 3. The van der Waals surface area contributed by atoms with Gasteiger partial charge in [-0.15, -0.1) is 0 Å². The van der Waals surface area contributed by atoms with Crippen LogP contribution in [0.5, 0.6) is 0 Å². The quantitative estimate of drug-likeness (QED) is 0.466. The predicted molar refractivity (Wildman–Crippen MR) is 64.2 cm³/mol. The van der Waals surface area contributed by atoms with Gasteiger partial charge < -0.3 is 0 Å². The van der Waals surface area contributed by atoms with E-state index in [-0.39, 0.29) is 5.91 Å². The Morgan fingerprint density at radius 3 is 2.82 bits per heavy atom. The molecule has 0 saturated carbocycles. The van der Waals surface area contributed by atoms with E-state index in [1.807, 2.05) is 35.9 Å². The number of nitrogen functional groups attached to an aromatic ring is 1. The van der Waals surface area contributed by atoms with Gasteiger partial charge in [0.25, 0.3) is 5.91 Å². The summed E-state index contributed by atoms with van der Waals surface area (Å²) in [6.45, 7) is 2.53. The topological polar surface area (TPSA) is 72.9 Å². The van der Waals surface area contributed by atoms with Crippen LogP contribution in [0.15, 0.2) is 36.5 Å². The second-order valence-electron chi connectivity index (χ2n) is 3.76. The monoisotopic (exact) mass is 230 g/mol. The highest BCUT2D eigenvalue weighted by Gasteiger charge is 2.10. The van der Waals surface area contributed by atoms with Crippen LogP contribution in [0, 0.1) is 6.92 Å². The number of carbonyl (C=O) groups excluding carboxylic acids is 1. The summed E-state index contributed by atoms with van der Waals surface area (Å²) in [5.74, 6) is 4.87. The molecule has 17 heavy (non-hydrogen) atoms. The van der Waals surface area contributed by atoms with Crippen LogP contribution in [0.4, 0.5) is 0 Å². The van der Waals surface area contributed by atoms with Crippen molar-refractivity contribution in [1.29, 1.82) is 0 Å². The fourth-order valence-electron chi connectivity index (χ4n) is 1.68. The molecule has 3 N–H and O–H groups in total. The maximum absolute atomic E-state index is 11.6. The number of aromatic nitrogens is 2. The van der Waals surface area contributed by atoms with Gasteiger partial charge in [0.05, 0.1) is 6.54 Å². The number of hydrogen-bond acceptors (Lipinski definition) is 3. The highest BCUT2D eigenvalue weighted by Crippen LogP contribution is 2.11. The molecule has 1 heterocycles. The summed E-state index contributed by atoms with van der Waals surface area (Å²) in [6.07, 6.45) is 1.74. The summed E-state index contributed by atoms with van der Waals surface area (Å²) in [4.78, 5) is 11.6. The number of aryl methyl sites for hydroxylation is 1. The zero-order valence-electron chi connectivity index (χ0n) is 9.55. The van der Waals surface area contributed by atoms with E-state index in [4.69, 9.17) is 5.84 Å². The molecule has 0 saturated heterocycles. The Labute approximate surface area is 99.2 Å². The van der Waals surface area contributed by atoms with Gasteiger partial charge in [0.2, 0.25) is 0 Å². The first kappa shape index (κ1) is 11.3. The lowest BCUT2D eigenvalue weighted by atomic mass is 10.1. The van der Waals surface area contributed by atoms with Crippen molar-refractivity contribution in [1.82, 2.24) is 15.2 Å². The first-order valence-corrected chi connectivity index (χ1v) is 5.29. The van der Waals surface area contributed by atoms with E-state index >= 15 is 0 Å². The van der Waals surface area contributed by atoms with Gasteiger partial charge in [0.1, 0.15) is 0 Å². The van der Waals surface area contributed by atoms with Crippen LogP contribution in [0.2, 0.25) is 0 Å². The first-order valence-electron chi connectivity index (χ1n) is 5.29. The van der Waals surface area contributed by atoms with E-state index in [0.29, 0.717) is 12.1 Å². The lowest BCUT2D eigenvalue weighted by molar-refractivity contribution is 0.0952. The SMILES string of the molecule is Cc1ccnn1Cc1ccccc1C(=O)NN. The van der Waals surface area contributed by atoms with Crippen LogP contribution in [0.3, 0.4) is 0 Å². The number of nitrogens with two attached hydrogens (primary N) is 1. The van der Waals surface area contributed by atoms with Gasteiger partial charge in [-0.2, -0.15) is 5.10 Å². The number of carbonyl (C=O) groups is 1. The Morgan fingerprint density at radius 1 is 1.41 bits per heavy atom. The molecule has 88 valence electrons. The Hall–Kier alpha value is -2.14. The molecule has 0 aliphatic carbocycles. The first-order chi connectivity index (χ1) is 8.22. The standard InChI is InChI=1S/C12H14N4O/c1-9-6-7-14-16(9)8-10-4-2-3-5-11(10)12(17)15-13/h2-7H,8,13H2,1H3,(H,15,17). The van der Waals surface area contributed by atoms with Gasteiger partial charge in [-0.05, 0) is 24.6 Å². The Balaban J connectivity index is 2.33. The third-order valence-electron chi connectivity index (χ3n) is 2.64. The molecule has 0 aliphatic heterocycles. The van der Waals surface area contributed by atoms with Crippen molar-refractivity contribution in [3.8, 4) is 0 Å². The molecule has 0 radical (unpaired) electrons. The van der Waals surface area contributed by atoms with E-state index in [0.717, 1.165) is 11.3 Å². The lowest BCUT2D eigenvalue weighted by Crippen LogP contribution is -2.31. The minimum Gasteiger partial charge on any atom is -0.290 e. The minimum absolute atomic E-state index is 0.287. The minimum atomic E-state index is -0.287. The van der Waals surface area contributed by atoms with Crippen LogP contribution in [-0.2, 0) is 6.54 Å². The summed E-state index contributed by atoms with van der Waals surface area (Å²) >= 11 is 0. The predicted octanol–water partition coefficient (Wildman–Crippen LogP) is 0.843. The highest BCUT2D eigenvalue weighted by molar-refractivity contribution is 5.95. The molecule has 5 nitrogen and oxygen atoms in total. The second-order valence-corrected chi connectivity index (χ2v) is 3.76. The summed E-state index contributed by atoms with van der Waals surface area (Å²) in [7, 11) is 0. The van der Waals surface area contributed by atoms with Gasteiger partial charge in [-0.1, -0.05) is 18.2 Å². The summed E-state index contributed by atoms with van der Waals surface area (Å²) < 4.78 is 1.84. The molecule has 2 rings (SSSR count). The maximum atomic E-state index is 11.6. The van der Waals surface area contributed by atoms with E-state index in [9.17, 15) is 4.79 Å². The third-order valence-corrected chi connectivity index (χ3v) is 2.64. The zero-order valence-corrected chi connectivity index (χ0v) is 9.55. The molecule has 1 aromatic carbocycles. The van der Waals surface area contributed by atoms with Gasteiger partial charge >= 0.3 is 0 Å². The van der Waals surface area contributed by atoms with Crippen molar-refractivity contribution in [3.63, 3.8) is 0 Å². The molecule has 0 unspecified atom stereocenters. The molecule has 0 atom stereocenters. The third kappa shape index (κ3) is 2.34. The number of amides is 1. The normalized spacial score (nSPS) is 10.2. The summed E-state index contributed by atoms with van der Waals surface area (Å²) in [6, 6.07) is 9.26. The lowest BCUT2D eigenvalue weighted by Gasteiger charge is -2.09. The smallest absolute Gasteiger partial charge is 0.265 e. The number of nitrogens with zero attached hydrogens (tertiary/aromatic N) is 2.